The zero-order valence-corrected chi connectivity index (χ0v) is 20.8. The van der Waals surface area contributed by atoms with Crippen molar-refractivity contribution in [2.75, 3.05) is 30.0 Å². The van der Waals surface area contributed by atoms with Crippen LogP contribution in [-0.4, -0.2) is 45.7 Å². The Balaban J connectivity index is 1.62. The molecule has 0 unspecified atom stereocenters. The van der Waals surface area contributed by atoms with Gasteiger partial charge in [-0.3, -0.25) is 0 Å². The molecule has 7 nitrogen and oxygen atoms in total. The number of hydrogen-bond acceptors (Lipinski definition) is 6. The van der Waals surface area contributed by atoms with Crippen LogP contribution in [0.1, 0.15) is 51.0 Å². The summed E-state index contributed by atoms with van der Waals surface area (Å²) in [6, 6.07) is 11.3. The van der Waals surface area contributed by atoms with Crippen molar-refractivity contribution in [3.8, 4) is 0 Å². The lowest BCUT2D eigenvalue weighted by Gasteiger charge is -2.33. The number of nitrogens with zero attached hydrogens (tertiary/aromatic N) is 4. The summed E-state index contributed by atoms with van der Waals surface area (Å²) in [4.78, 5) is 7.32. The van der Waals surface area contributed by atoms with E-state index in [0.29, 0.717) is 18.0 Å². The molecule has 1 saturated carbocycles. The van der Waals surface area contributed by atoms with Crippen LogP contribution in [0.3, 0.4) is 0 Å². The van der Waals surface area contributed by atoms with Gasteiger partial charge in [-0.25, -0.2) is 4.98 Å². The molecule has 7 heteroatoms. The van der Waals surface area contributed by atoms with E-state index in [4.69, 9.17) is 4.98 Å². The summed E-state index contributed by atoms with van der Waals surface area (Å²) in [5, 5.41) is 15.2. The van der Waals surface area contributed by atoms with Gasteiger partial charge in [-0.05, 0) is 70.0 Å². The minimum atomic E-state index is 0.334. The molecule has 0 aliphatic heterocycles. The van der Waals surface area contributed by atoms with E-state index in [-0.39, 0.29) is 0 Å². The highest BCUT2D eigenvalue weighted by atomic mass is 15.3. The highest BCUT2D eigenvalue weighted by molar-refractivity contribution is 5.68. The smallest absolute Gasteiger partial charge is 0.163 e. The Bertz CT molecular complexity index is 1150. The third-order valence-corrected chi connectivity index (χ3v) is 6.59. The normalized spacial score (nSPS) is 18.3. The molecule has 1 aromatic carbocycles. The predicted molar refractivity (Wildman–Crippen MR) is 143 cm³/mol. The van der Waals surface area contributed by atoms with Gasteiger partial charge in [-0.1, -0.05) is 33.1 Å². The lowest BCUT2D eigenvalue weighted by atomic mass is 9.90. The Morgan fingerprint density at radius 2 is 1.88 bits per heavy atom. The second kappa shape index (κ2) is 10.3. The van der Waals surface area contributed by atoms with Gasteiger partial charge in [0.2, 0.25) is 0 Å². The van der Waals surface area contributed by atoms with Crippen LogP contribution in [0.25, 0.3) is 5.65 Å². The van der Waals surface area contributed by atoms with E-state index in [0.717, 1.165) is 52.8 Å². The number of anilines is 4. The molecule has 4 rings (SSSR count). The highest BCUT2D eigenvalue weighted by Crippen LogP contribution is 2.29. The van der Waals surface area contributed by atoms with Crippen LogP contribution in [0, 0.1) is 0 Å². The molecule has 1 aliphatic rings. The molecule has 34 heavy (non-hydrogen) atoms. The van der Waals surface area contributed by atoms with Crippen LogP contribution in [0.5, 0.6) is 0 Å². The molecule has 0 spiro atoms. The summed E-state index contributed by atoms with van der Waals surface area (Å²) in [7, 11) is 4.35. The minimum Gasteiger partial charge on any atom is -0.367 e. The SMILES string of the molecule is C=CC(=C)Nc1cccc(Nc2cc(N[C@H]3CC[C@H](N(C)C)CC3)nc3c(C(C)C)cnn23)c1. The molecule has 1 fully saturated rings. The molecule has 0 amide bonds. The van der Waals surface area contributed by atoms with E-state index in [9.17, 15) is 0 Å². The van der Waals surface area contributed by atoms with Gasteiger partial charge in [0.1, 0.15) is 11.6 Å². The Hall–Kier alpha value is -3.32. The van der Waals surface area contributed by atoms with Crippen LogP contribution >= 0.6 is 0 Å². The zero-order valence-electron chi connectivity index (χ0n) is 20.8. The molecule has 2 aromatic heterocycles. The van der Waals surface area contributed by atoms with Crippen molar-refractivity contribution < 1.29 is 0 Å². The van der Waals surface area contributed by atoms with Gasteiger partial charge in [0.15, 0.2) is 5.65 Å². The standard InChI is InChI=1S/C27H37N7/c1-7-19(4)29-21-9-8-10-22(15-21)31-26-16-25(30-20-11-13-23(14-12-20)33(5)6)32-27-24(18(2)3)17-28-34(26)27/h7-10,15-18,20,23,29,31H,1,4,11-14H2,2-3,5-6H3,(H,30,32)/t20-,23-. The van der Waals surface area contributed by atoms with Crippen molar-refractivity contribution in [3.63, 3.8) is 0 Å². The van der Waals surface area contributed by atoms with Crippen molar-refractivity contribution in [1.82, 2.24) is 19.5 Å². The molecule has 3 aromatic rings. The van der Waals surface area contributed by atoms with Crippen molar-refractivity contribution >= 4 is 28.7 Å². The summed E-state index contributed by atoms with van der Waals surface area (Å²) in [6.07, 6.45) is 8.34. The van der Waals surface area contributed by atoms with E-state index < -0.39 is 0 Å². The number of aromatic nitrogens is 3. The first-order chi connectivity index (χ1) is 16.3. The maximum Gasteiger partial charge on any atom is 0.163 e. The fourth-order valence-electron chi connectivity index (χ4n) is 4.55. The fraction of sp³-hybridized carbons (Fsp3) is 0.407. The van der Waals surface area contributed by atoms with Crippen molar-refractivity contribution in [1.29, 1.82) is 0 Å². The number of rotatable bonds is 9. The monoisotopic (exact) mass is 459 g/mol. The summed E-state index contributed by atoms with van der Waals surface area (Å²) >= 11 is 0. The van der Waals surface area contributed by atoms with Gasteiger partial charge in [-0.15, -0.1) is 0 Å². The van der Waals surface area contributed by atoms with Crippen LogP contribution in [0.15, 0.2) is 61.5 Å². The van der Waals surface area contributed by atoms with Gasteiger partial charge >= 0.3 is 0 Å². The average Bonchev–Trinajstić information content (AvgIpc) is 3.24. The lowest BCUT2D eigenvalue weighted by molar-refractivity contribution is 0.221. The van der Waals surface area contributed by atoms with Crippen LogP contribution in [0.4, 0.5) is 23.0 Å². The topological polar surface area (TPSA) is 69.5 Å². The molecule has 180 valence electrons. The third kappa shape index (κ3) is 5.42. The quantitative estimate of drug-likeness (QED) is 0.341. The summed E-state index contributed by atoms with van der Waals surface area (Å²) < 4.78 is 1.90. The van der Waals surface area contributed by atoms with Gasteiger partial charge in [0.05, 0.1) is 6.20 Å². The Labute approximate surface area is 203 Å². The largest absolute Gasteiger partial charge is 0.367 e. The Kier molecular flexibility index (Phi) is 7.22. The summed E-state index contributed by atoms with van der Waals surface area (Å²) in [5.41, 5.74) is 4.68. The van der Waals surface area contributed by atoms with Crippen molar-refractivity contribution in [3.05, 3.63) is 67.0 Å². The maximum atomic E-state index is 4.98. The third-order valence-electron chi connectivity index (χ3n) is 6.59. The van der Waals surface area contributed by atoms with Gasteiger partial charge in [0, 0.05) is 40.8 Å². The van der Waals surface area contributed by atoms with E-state index >= 15 is 0 Å². The Morgan fingerprint density at radius 3 is 2.56 bits per heavy atom. The van der Waals surface area contributed by atoms with E-state index in [1.165, 1.54) is 12.8 Å². The van der Waals surface area contributed by atoms with E-state index in [1.54, 1.807) is 6.08 Å². The second-order valence-corrected chi connectivity index (χ2v) is 9.69. The molecular weight excluding hydrogens is 422 g/mol. The van der Waals surface area contributed by atoms with E-state index in [2.05, 4.69) is 73.1 Å². The summed E-state index contributed by atoms with van der Waals surface area (Å²) in [6.45, 7) is 12.1. The number of hydrogen-bond donors (Lipinski definition) is 3. The number of fused-ring (bicyclic) bond motifs is 1. The average molecular weight is 460 g/mol. The first-order valence-corrected chi connectivity index (χ1v) is 12.1. The molecule has 0 atom stereocenters. The van der Waals surface area contributed by atoms with Crippen LogP contribution in [-0.2, 0) is 0 Å². The molecule has 2 heterocycles. The maximum absolute atomic E-state index is 4.98. The van der Waals surface area contributed by atoms with Gasteiger partial charge < -0.3 is 20.9 Å². The number of benzene rings is 1. The minimum absolute atomic E-state index is 0.334. The fourth-order valence-corrected chi connectivity index (χ4v) is 4.55. The summed E-state index contributed by atoms with van der Waals surface area (Å²) in [5.74, 6) is 2.10. The van der Waals surface area contributed by atoms with Gasteiger partial charge in [0.25, 0.3) is 0 Å². The second-order valence-electron chi connectivity index (χ2n) is 9.69. The first kappa shape index (κ1) is 23.8. The van der Waals surface area contributed by atoms with Crippen molar-refractivity contribution in [2.45, 2.75) is 57.5 Å². The molecule has 0 bridgehead atoms. The van der Waals surface area contributed by atoms with Crippen LogP contribution < -0.4 is 16.0 Å². The van der Waals surface area contributed by atoms with Crippen molar-refractivity contribution in [2.24, 2.45) is 0 Å². The lowest BCUT2D eigenvalue weighted by Crippen LogP contribution is -2.36. The van der Waals surface area contributed by atoms with Gasteiger partial charge in [-0.2, -0.15) is 9.61 Å². The zero-order chi connectivity index (χ0) is 24.2. The van der Waals surface area contributed by atoms with Crippen LogP contribution in [0.2, 0.25) is 0 Å². The highest BCUT2D eigenvalue weighted by Gasteiger charge is 2.23. The number of nitrogens with one attached hydrogen (secondary N) is 3. The molecule has 1 aliphatic carbocycles. The number of allylic oxidation sites excluding steroid dienone is 1. The molecular formula is C27H37N7. The predicted octanol–water partition coefficient (Wildman–Crippen LogP) is 5.99. The molecule has 3 N–H and O–H groups in total. The molecule has 0 radical (unpaired) electrons. The Morgan fingerprint density at radius 1 is 1.15 bits per heavy atom. The molecule has 0 saturated heterocycles. The van der Waals surface area contributed by atoms with E-state index in [1.807, 2.05) is 35.0 Å². The first-order valence-electron chi connectivity index (χ1n) is 12.1.